The number of amides is 1. The second-order valence-electron chi connectivity index (χ2n) is 3.84. The van der Waals surface area contributed by atoms with Crippen LogP contribution in [0.1, 0.15) is 32.7 Å². The first-order valence-electron chi connectivity index (χ1n) is 4.01. The van der Waals surface area contributed by atoms with E-state index in [9.17, 15) is 4.79 Å². The van der Waals surface area contributed by atoms with Gasteiger partial charge in [-0.1, -0.05) is 32.1 Å². The minimum atomic E-state index is -0.114. The van der Waals surface area contributed by atoms with E-state index in [1.165, 1.54) is 18.3 Å². The van der Waals surface area contributed by atoms with Gasteiger partial charge in [0.05, 0.1) is 0 Å². The van der Waals surface area contributed by atoms with Crippen LogP contribution in [0.15, 0.2) is 0 Å². The number of hydrogen-bond acceptors (Lipinski definition) is 4. The van der Waals surface area contributed by atoms with E-state index < -0.39 is 0 Å². The van der Waals surface area contributed by atoms with Crippen molar-refractivity contribution in [2.24, 2.45) is 0 Å². The molecule has 0 saturated carbocycles. The summed E-state index contributed by atoms with van der Waals surface area (Å²) in [5, 5.41) is 12.0. The van der Waals surface area contributed by atoms with Gasteiger partial charge in [0.2, 0.25) is 11.0 Å². The zero-order valence-electron chi connectivity index (χ0n) is 8.21. The highest BCUT2D eigenvalue weighted by Crippen LogP contribution is 2.27. The average Bonchev–Trinajstić information content (AvgIpc) is 2.32. The lowest BCUT2D eigenvalue weighted by Crippen LogP contribution is -2.10. The first kappa shape index (κ1) is 10.1. The summed E-state index contributed by atoms with van der Waals surface area (Å²) in [6.07, 6.45) is 0. The summed E-state index contributed by atoms with van der Waals surface area (Å²) in [5.41, 5.74) is -0.00557. The Hall–Kier alpha value is -0.970. The lowest BCUT2D eigenvalue weighted by Gasteiger charge is -2.12. The molecule has 0 radical (unpaired) electrons. The van der Waals surface area contributed by atoms with Crippen molar-refractivity contribution >= 4 is 22.4 Å². The molecule has 13 heavy (non-hydrogen) atoms. The topological polar surface area (TPSA) is 54.9 Å². The van der Waals surface area contributed by atoms with Crippen LogP contribution in [0.25, 0.3) is 0 Å². The second-order valence-corrected chi connectivity index (χ2v) is 4.82. The van der Waals surface area contributed by atoms with Gasteiger partial charge < -0.3 is 5.32 Å². The average molecular weight is 199 g/mol. The van der Waals surface area contributed by atoms with E-state index >= 15 is 0 Å². The highest BCUT2D eigenvalue weighted by molar-refractivity contribution is 7.15. The van der Waals surface area contributed by atoms with E-state index in [-0.39, 0.29) is 11.3 Å². The van der Waals surface area contributed by atoms with Crippen LogP contribution in [0.2, 0.25) is 0 Å². The summed E-state index contributed by atoms with van der Waals surface area (Å²) >= 11 is 1.41. The number of nitrogens with one attached hydrogen (secondary N) is 1. The molecule has 0 fully saturated rings. The van der Waals surface area contributed by atoms with Crippen molar-refractivity contribution in [1.29, 1.82) is 0 Å². The van der Waals surface area contributed by atoms with Gasteiger partial charge in [0.25, 0.3) is 0 Å². The van der Waals surface area contributed by atoms with Gasteiger partial charge >= 0.3 is 0 Å². The first-order valence-corrected chi connectivity index (χ1v) is 4.83. The number of nitrogens with zero attached hydrogens (tertiary/aromatic N) is 2. The Kier molecular flexibility index (Phi) is 2.66. The van der Waals surface area contributed by atoms with Gasteiger partial charge in [0.15, 0.2) is 0 Å². The molecule has 1 aromatic heterocycles. The summed E-state index contributed by atoms with van der Waals surface area (Å²) in [5.74, 6) is -0.114. The third-order valence-corrected chi connectivity index (χ3v) is 2.61. The van der Waals surface area contributed by atoms with E-state index in [0.717, 1.165) is 5.01 Å². The molecular weight excluding hydrogens is 186 g/mol. The standard InChI is InChI=1S/C8H13N3OS/c1-5(12)9-7-11-10-6(13-7)8(2,3)4/h1-4H3,(H,9,11,12). The van der Waals surface area contributed by atoms with Gasteiger partial charge in [-0.25, -0.2) is 0 Å². The third-order valence-electron chi connectivity index (χ3n) is 1.35. The molecule has 0 aliphatic carbocycles. The SMILES string of the molecule is CC(=O)Nc1nnc(C(C)(C)C)s1. The zero-order chi connectivity index (χ0) is 10.1. The van der Waals surface area contributed by atoms with E-state index in [0.29, 0.717) is 5.13 Å². The fraction of sp³-hybridized carbons (Fsp3) is 0.625. The molecule has 0 unspecified atom stereocenters. The number of carbonyl (C=O) groups excluding carboxylic acids is 1. The minimum absolute atomic E-state index is 0.00557. The van der Waals surface area contributed by atoms with Crippen LogP contribution in [-0.4, -0.2) is 16.1 Å². The van der Waals surface area contributed by atoms with Crippen molar-refractivity contribution < 1.29 is 4.79 Å². The van der Waals surface area contributed by atoms with Gasteiger partial charge in [-0.05, 0) is 0 Å². The van der Waals surface area contributed by atoms with E-state index in [4.69, 9.17) is 0 Å². The molecule has 1 amide bonds. The maximum atomic E-state index is 10.7. The van der Waals surface area contributed by atoms with Gasteiger partial charge in [0.1, 0.15) is 5.01 Å². The molecule has 1 rings (SSSR count). The number of carbonyl (C=O) groups is 1. The van der Waals surface area contributed by atoms with Crippen molar-refractivity contribution in [3.05, 3.63) is 5.01 Å². The van der Waals surface area contributed by atoms with Gasteiger partial charge in [0, 0.05) is 12.3 Å². The maximum Gasteiger partial charge on any atom is 0.223 e. The van der Waals surface area contributed by atoms with Crippen LogP contribution in [0.4, 0.5) is 5.13 Å². The molecule has 0 spiro atoms. The van der Waals surface area contributed by atoms with E-state index in [1.807, 2.05) is 0 Å². The molecule has 0 saturated heterocycles. The van der Waals surface area contributed by atoms with Gasteiger partial charge in [-0.2, -0.15) is 0 Å². The number of rotatable bonds is 1. The number of aromatic nitrogens is 2. The van der Waals surface area contributed by atoms with Crippen molar-refractivity contribution in [2.75, 3.05) is 5.32 Å². The summed E-state index contributed by atoms with van der Waals surface area (Å²) in [4.78, 5) is 10.7. The second kappa shape index (κ2) is 3.41. The molecule has 5 heteroatoms. The third kappa shape index (κ3) is 2.77. The van der Waals surface area contributed by atoms with Crippen molar-refractivity contribution in [2.45, 2.75) is 33.1 Å². The van der Waals surface area contributed by atoms with Gasteiger partial charge in [-0.15, -0.1) is 10.2 Å². The molecule has 0 atom stereocenters. The lowest BCUT2D eigenvalue weighted by molar-refractivity contribution is -0.114. The Balaban J connectivity index is 2.81. The van der Waals surface area contributed by atoms with Crippen molar-refractivity contribution in [3.8, 4) is 0 Å². The monoisotopic (exact) mass is 199 g/mol. The number of anilines is 1. The summed E-state index contributed by atoms with van der Waals surface area (Å²) in [7, 11) is 0. The Morgan fingerprint density at radius 3 is 2.38 bits per heavy atom. The number of hydrogen-bond donors (Lipinski definition) is 1. The summed E-state index contributed by atoms with van der Waals surface area (Å²) in [6, 6.07) is 0. The lowest BCUT2D eigenvalue weighted by atomic mass is 9.98. The zero-order valence-corrected chi connectivity index (χ0v) is 9.03. The van der Waals surface area contributed by atoms with Crippen molar-refractivity contribution in [3.63, 3.8) is 0 Å². The smallest absolute Gasteiger partial charge is 0.223 e. The molecule has 0 aliphatic heterocycles. The molecule has 1 N–H and O–H groups in total. The summed E-state index contributed by atoms with van der Waals surface area (Å²) in [6.45, 7) is 7.64. The van der Waals surface area contributed by atoms with Crippen LogP contribution >= 0.6 is 11.3 Å². The fourth-order valence-corrected chi connectivity index (χ4v) is 1.57. The largest absolute Gasteiger partial charge is 0.301 e. The maximum absolute atomic E-state index is 10.7. The molecule has 72 valence electrons. The predicted octanol–water partition coefficient (Wildman–Crippen LogP) is 1.79. The first-order chi connectivity index (χ1) is 5.89. The van der Waals surface area contributed by atoms with Crippen LogP contribution in [-0.2, 0) is 10.2 Å². The molecule has 0 bridgehead atoms. The predicted molar refractivity (Wildman–Crippen MR) is 52.9 cm³/mol. The Morgan fingerprint density at radius 1 is 1.38 bits per heavy atom. The van der Waals surface area contributed by atoms with Crippen molar-refractivity contribution in [1.82, 2.24) is 10.2 Å². The fourth-order valence-electron chi connectivity index (χ4n) is 0.727. The van der Waals surface area contributed by atoms with Crippen LogP contribution in [0.3, 0.4) is 0 Å². The molecule has 1 heterocycles. The molecule has 0 aromatic carbocycles. The highest BCUT2D eigenvalue weighted by Gasteiger charge is 2.19. The molecule has 1 aromatic rings. The van der Waals surface area contributed by atoms with Crippen LogP contribution < -0.4 is 5.32 Å². The highest BCUT2D eigenvalue weighted by atomic mass is 32.1. The molecular formula is C8H13N3OS. The van der Waals surface area contributed by atoms with Crippen LogP contribution in [0.5, 0.6) is 0 Å². The normalized spacial score (nSPS) is 11.4. The quantitative estimate of drug-likeness (QED) is 0.750. The summed E-state index contributed by atoms with van der Waals surface area (Å²) < 4.78 is 0. The minimum Gasteiger partial charge on any atom is -0.301 e. The van der Waals surface area contributed by atoms with Gasteiger partial charge in [-0.3, -0.25) is 4.79 Å². The Morgan fingerprint density at radius 2 is 2.00 bits per heavy atom. The van der Waals surface area contributed by atoms with E-state index in [1.54, 1.807) is 0 Å². The van der Waals surface area contributed by atoms with Crippen LogP contribution in [0, 0.1) is 0 Å². The molecule has 0 aliphatic rings. The molecule has 4 nitrogen and oxygen atoms in total. The van der Waals surface area contributed by atoms with E-state index in [2.05, 4.69) is 36.3 Å². The Labute approximate surface area is 81.4 Å². The Bertz CT molecular complexity index is 313.